The summed E-state index contributed by atoms with van der Waals surface area (Å²) in [4.78, 5) is 24.1. The zero-order valence-electron chi connectivity index (χ0n) is 17.4. The molecule has 9 heteroatoms. The normalized spacial score (nSPS) is 15.1. The Labute approximate surface area is 194 Å². The number of aromatic nitrogens is 3. The highest BCUT2D eigenvalue weighted by Gasteiger charge is 2.33. The first-order valence-electron chi connectivity index (χ1n) is 10.3. The summed E-state index contributed by atoms with van der Waals surface area (Å²) in [7, 11) is 0. The number of halogens is 1. The van der Waals surface area contributed by atoms with Gasteiger partial charge in [-0.1, -0.05) is 35.1 Å². The van der Waals surface area contributed by atoms with Crippen molar-refractivity contribution in [3.63, 3.8) is 0 Å². The average molecular weight is 469 g/mol. The van der Waals surface area contributed by atoms with E-state index in [0.29, 0.717) is 28.2 Å². The van der Waals surface area contributed by atoms with E-state index in [9.17, 15) is 4.79 Å². The number of ether oxygens (including phenoxy) is 2. The van der Waals surface area contributed by atoms with Crippen LogP contribution in [-0.4, -0.2) is 39.7 Å². The van der Waals surface area contributed by atoms with E-state index in [1.54, 1.807) is 23.5 Å². The van der Waals surface area contributed by atoms with Gasteiger partial charge in [-0.25, -0.2) is 9.97 Å². The number of carbonyl (C=O) groups is 1. The van der Waals surface area contributed by atoms with Crippen molar-refractivity contribution in [1.29, 1.82) is 0 Å². The SMILES string of the molecule is Cc1cc(Cl)cc2sc(N(CCCn3ccnc3)C(=O)C3COc4ccccc4O3)nc12. The van der Waals surface area contributed by atoms with Crippen molar-refractivity contribution in [2.75, 3.05) is 18.1 Å². The van der Waals surface area contributed by atoms with Crippen LogP contribution in [-0.2, 0) is 11.3 Å². The molecule has 1 amide bonds. The topological polar surface area (TPSA) is 69.5 Å². The molecule has 5 rings (SSSR count). The fraction of sp³-hybridized carbons (Fsp3) is 0.261. The number of fused-ring (bicyclic) bond motifs is 2. The van der Waals surface area contributed by atoms with Crippen LogP contribution in [0.15, 0.2) is 55.1 Å². The Balaban J connectivity index is 1.42. The van der Waals surface area contributed by atoms with Gasteiger partial charge in [0.2, 0.25) is 6.10 Å². The molecule has 0 aliphatic carbocycles. The van der Waals surface area contributed by atoms with Crippen LogP contribution in [0.4, 0.5) is 5.13 Å². The Hall–Kier alpha value is -3.10. The van der Waals surface area contributed by atoms with Crippen LogP contribution >= 0.6 is 22.9 Å². The summed E-state index contributed by atoms with van der Waals surface area (Å²) < 4.78 is 14.7. The zero-order chi connectivity index (χ0) is 22.1. The highest BCUT2D eigenvalue weighted by Crippen LogP contribution is 2.35. The monoisotopic (exact) mass is 468 g/mol. The predicted octanol–water partition coefficient (Wildman–Crippen LogP) is 4.72. The second-order valence-corrected chi connectivity index (χ2v) is 9.02. The van der Waals surface area contributed by atoms with E-state index in [0.717, 1.165) is 28.7 Å². The van der Waals surface area contributed by atoms with Crippen molar-refractivity contribution >= 4 is 44.2 Å². The van der Waals surface area contributed by atoms with Crippen molar-refractivity contribution in [3.8, 4) is 11.5 Å². The molecule has 0 radical (unpaired) electrons. The molecule has 0 fully saturated rings. The Morgan fingerprint density at radius 2 is 2.16 bits per heavy atom. The number of hydrogen-bond donors (Lipinski definition) is 0. The molecular formula is C23H21ClN4O3S. The van der Waals surface area contributed by atoms with E-state index in [1.807, 2.05) is 48.0 Å². The second-order valence-electron chi connectivity index (χ2n) is 7.57. The van der Waals surface area contributed by atoms with Gasteiger partial charge in [-0.05, 0) is 43.2 Å². The molecule has 0 saturated heterocycles. The number of para-hydroxylation sites is 2. The van der Waals surface area contributed by atoms with Crippen LogP contribution in [0.25, 0.3) is 10.2 Å². The molecule has 32 heavy (non-hydrogen) atoms. The van der Waals surface area contributed by atoms with Gasteiger partial charge in [0, 0.05) is 30.5 Å². The van der Waals surface area contributed by atoms with Crippen molar-refractivity contribution in [2.24, 2.45) is 0 Å². The molecule has 1 aliphatic heterocycles. The molecule has 0 bridgehead atoms. The molecule has 0 spiro atoms. The molecule has 1 unspecified atom stereocenters. The number of benzene rings is 2. The smallest absolute Gasteiger partial charge is 0.273 e. The van der Waals surface area contributed by atoms with Gasteiger partial charge in [-0.15, -0.1) is 0 Å². The Morgan fingerprint density at radius 1 is 1.31 bits per heavy atom. The number of rotatable bonds is 6. The van der Waals surface area contributed by atoms with Crippen LogP contribution in [0, 0.1) is 6.92 Å². The Morgan fingerprint density at radius 3 is 2.97 bits per heavy atom. The fourth-order valence-electron chi connectivity index (χ4n) is 3.70. The third-order valence-electron chi connectivity index (χ3n) is 5.28. The maximum absolute atomic E-state index is 13.6. The third kappa shape index (κ3) is 4.16. The van der Waals surface area contributed by atoms with Crippen LogP contribution < -0.4 is 14.4 Å². The molecule has 4 aromatic rings. The van der Waals surface area contributed by atoms with Crippen LogP contribution in [0.2, 0.25) is 5.02 Å². The highest BCUT2D eigenvalue weighted by molar-refractivity contribution is 7.22. The summed E-state index contributed by atoms with van der Waals surface area (Å²) in [5.74, 6) is 1.05. The maximum Gasteiger partial charge on any atom is 0.273 e. The fourth-order valence-corrected chi connectivity index (χ4v) is 5.16. The summed E-state index contributed by atoms with van der Waals surface area (Å²) in [6, 6.07) is 11.1. The van der Waals surface area contributed by atoms with Crippen molar-refractivity contribution in [2.45, 2.75) is 26.0 Å². The lowest BCUT2D eigenvalue weighted by Crippen LogP contribution is -2.47. The summed E-state index contributed by atoms with van der Waals surface area (Å²) in [5.41, 5.74) is 1.83. The lowest BCUT2D eigenvalue weighted by Gasteiger charge is -2.29. The van der Waals surface area contributed by atoms with E-state index >= 15 is 0 Å². The Bertz CT molecular complexity index is 1260. The third-order valence-corrected chi connectivity index (χ3v) is 6.52. The van der Waals surface area contributed by atoms with Crippen molar-refractivity contribution in [1.82, 2.24) is 14.5 Å². The van der Waals surface area contributed by atoms with Gasteiger partial charge in [0.25, 0.3) is 5.91 Å². The maximum atomic E-state index is 13.6. The molecule has 2 aromatic carbocycles. The minimum Gasteiger partial charge on any atom is -0.485 e. The van der Waals surface area contributed by atoms with Gasteiger partial charge in [0.1, 0.15) is 6.61 Å². The van der Waals surface area contributed by atoms with Crippen LogP contribution in [0.1, 0.15) is 12.0 Å². The lowest BCUT2D eigenvalue weighted by molar-refractivity contribution is -0.127. The summed E-state index contributed by atoms with van der Waals surface area (Å²) in [6.45, 7) is 3.36. The molecular weight excluding hydrogens is 448 g/mol. The van der Waals surface area contributed by atoms with Gasteiger partial charge in [0.05, 0.1) is 16.5 Å². The van der Waals surface area contributed by atoms with Crippen molar-refractivity contribution in [3.05, 3.63) is 65.7 Å². The molecule has 1 aliphatic rings. The van der Waals surface area contributed by atoms with E-state index < -0.39 is 6.10 Å². The standard InChI is InChI=1S/C23H21ClN4O3S/c1-15-11-16(24)12-20-21(15)26-23(32-20)28(9-4-8-27-10-7-25-14-27)22(29)19-13-30-17-5-2-3-6-18(17)31-19/h2-3,5-7,10-12,14,19H,4,8-9,13H2,1H3. The molecule has 1 atom stereocenters. The summed E-state index contributed by atoms with van der Waals surface area (Å²) >= 11 is 7.69. The Kier molecular flexibility index (Phi) is 5.71. The quantitative estimate of drug-likeness (QED) is 0.409. The number of thiazole rings is 1. The van der Waals surface area contributed by atoms with Gasteiger partial charge >= 0.3 is 0 Å². The number of hydrogen-bond acceptors (Lipinski definition) is 6. The van der Waals surface area contributed by atoms with Crippen molar-refractivity contribution < 1.29 is 14.3 Å². The number of anilines is 1. The molecule has 164 valence electrons. The first kappa shape index (κ1) is 20.8. The first-order valence-corrected chi connectivity index (χ1v) is 11.5. The summed E-state index contributed by atoms with van der Waals surface area (Å²) in [5, 5.41) is 1.28. The number of carbonyl (C=O) groups excluding carboxylic acids is 1. The average Bonchev–Trinajstić information content (AvgIpc) is 3.46. The largest absolute Gasteiger partial charge is 0.485 e. The van der Waals surface area contributed by atoms with E-state index in [1.165, 1.54) is 11.3 Å². The van der Waals surface area contributed by atoms with E-state index in [4.69, 9.17) is 26.1 Å². The molecule has 7 nitrogen and oxygen atoms in total. The van der Waals surface area contributed by atoms with E-state index in [-0.39, 0.29) is 12.5 Å². The lowest BCUT2D eigenvalue weighted by atomic mass is 10.2. The van der Waals surface area contributed by atoms with Gasteiger partial charge < -0.3 is 14.0 Å². The minimum atomic E-state index is -0.741. The highest BCUT2D eigenvalue weighted by atomic mass is 35.5. The number of amides is 1. The van der Waals surface area contributed by atoms with Gasteiger partial charge in [-0.3, -0.25) is 9.69 Å². The first-order chi connectivity index (χ1) is 15.6. The molecule has 0 saturated carbocycles. The molecule has 3 heterocycles. The number of aryl methyl sites for hydroxylation is 2. The number of imidazole rings is 1. The molecule has 2 aromatic heterocycles. The van der Waals surface area contributed by atoms with Crippen LogP contribution in [0.5, 0.6) is 11.5 Å². The predicted molar refractivity (Wildman–Crippen MR) is 125 cm³/mol. The summed E-state index contributed by atoms with van der Waals surface area (Å²) in [6.07, 6.45) is 5.42. The second kappa shape index (κ2) is 8.80. The van der Waals surface area contributed by atoms with Gasteiger partial charge in [0.15, 0.2) is 16.6 Å². The number of nitrogens with zero attached hydrogens (tertiary/aromatic N) is 4. The molecule has 0 N–H and O–H groups in total. The zero-order valence-corrected chi connectivity index (χ0v) is 19.0. The van der Waals surface area contributed by atoms with E-state index in [2.05, 4.69) is 4.98 Å². The van der Waals surface area contributed by atoms with Gasteiger partial charge in [-0.2, -0.15) is 0 Å². The van der Waals surface area contributed by atoms with Crippen LogP contribution in [0.3, 0.4) is 0 Å². The minimum absolute atomic E-state index is 0.156.